The smallest absolute Gasteiger partial charge is 0.0110 e. The van der Waals surface area contributed by atoms with Gasteiger partial charge in [0.1, 0.15) is 0 Å². The van der Waals surface area contributed by atoms with Crippen LogP contribution in [0.3, 0.4) is 0 Å². The Morgan fingerprint density at radius 1 is 1.13 bits per heavy atom. The van der Waals surface area contributed by atoms with Crippen LogP contribution in [-0.4, -0.2) is 55.6 Å². The zero-order valence-electron chi connectivity index (χ0n) is 10.4. The summed E-state index contributed by atoms with van der Waals surface area (Å²) in [5, 5.41) is 0. The van der Waals surface area contributed by atoms with Gasteiger partial charge in [-0.25, -0.2) is 0 Å². The average molecular weight is 213 g/mol. The molecule has 0 aromatic rings. The summed E-state index contributed by atoms with van der Waals surface area (Å²) in [5.41, 5.74) is 5.59. The van der Waals surface area contributed by atoms with E-state index in [1.807, 2.05) is 0 Å². The second kappa shape index (κ2) is 7.20. The van der Waals surface area contributed by atoms with E-state index in [-0.39, 0.29) is 0 Å². The van der Waals surface area contributed by atoms with Crippen molar-refractivity contribution in [1.82, 2.24) is 9.80 Å². The summed E-state index contributed by atoms with van der Waals surface area (Å²) in [6.07, 6.45) is 2.60. The van der Waals surface area contributed by atoms with Crippen molar-refractivity contribution in [2.75, 3.05) is 45.8 Å². The van der Waals surface area contributed by atoms with Gasteiger partial charge in [0.25, 0.3) is 0 Å². The first-order chi connectivity index (χ1) is 7.26. The van der Waals surface area contributed by atoms with Gasteiger partial charge in [-0.2, -0.15) is 0 Å². The van der Waals surface area contributed by atoms with Crippen LogP contribution in [0.25, 0.3) is 0 Å². The third kappa shape index (κ3) is 4.96. The lowest BCUT2D eigenvalue weighted by Crippen LogP contribution is -2.35. The van der Waals surface area contributed by atoms with Gasteiger partial charge in [-0.1, -0.05) is 20.3 Å². The Morgan fingerprint density at radius 2 is 1.80 bits per heavy atom. The Labute approximate surface area is 94.6 Å². The van der Waals surface area contributed by atoms with Gasteiger partial charge in [-0.3, -0.25) is 0 Å². The van der Waals surface area contributed by atoms with E-state index in [0.717, 1.165) is 19.0 Å². The largest absolute Gasteiger partial charge is 0.329 e. The molecule has 2 N–H and O–H groups in total. The molecule has 1 aliphatic rings. The summed E-state index contributed by atoms with van der Waals surface area (Å²) >= 11 is 0. The zero-order chi connectivity index (χ0) is 11.1. The highest BCUT2D eigenvalue weighted by atomic mass is 15.2. The van der Waals surface area contributed by atoms with Gasteiger partial charge in [-0.05, 0) is 25.4 Å². The molecule has 0 aliphatic carbocycles. The molecule has 0 aromatic heterocycles. The van der Waals surface area contributed by atoms with E-state index < -0.39 is 0 Å². The minimum Gasteiger partial charge on any atom is -0.329 e. The predicted molar refractivity (Wildman–Crippen MR) is 66.0 cm³/mol. The summed E-state index contributed by atoms with van der Waals surface area (Å²) in [5.74, 6) is 0.839. The number of hydrogen-bond donors (Lipinski definition) is 1. The van der Waals surface area contributed by atoms with Crippen molar-refractivity contribution in [2.24, 2.45) is 11.7 Å². The molecule has 1 saturated heterocycles. The van der Waals surface area contributed by atoms with E-state index >= 15 is 0 Å². The van der Waals surface area contributed by atoms with Gasteiger partial charge in [0.05, 0.1) is 0 Å². The molecular formula is C12H27N3. The minimum absolute atomic E-state index is 0.797. The maximum Gasteiger partial charge on any atom is 0.0110 e. The second-order valence-corrected chi connectivity index (χ2v) is 4.80. The van der Waals surface area contributed by atoms with Crippen LogP contribution in [0.4, 0.5) is 0 Å². The summed E-state index contributed by atoms with van der Waals surface area (Å²) in [6, 6.07) is 0. The van der Waals surface area contributed by atoms with Crippen molar-refractivity contribution < 1.29 is 0 Å². The summed E-state index contributed by atoms with van der Waals surface area (Å²) in [4.78, 5) is 5.11. The second-order valence-electron chi connectivity index (χ2n) is 4.80. The SMILES string of the molecule is CCC(C)CN1CCCN(CCN)CC1. The van der Waals surface area contributed by atoms with Crippen LogP contribution in [-0.2, 0) is 0 Å². The lowest BCUT2D eigenvalue weighted by Gasteiger charge is -2.23. The molecule has 0 radical (unpaired) electrons. The van der Waals surface area contributed by atoms with Crippen molar-refractivity contribution in [2.45, 2.75) is 26.7 Å². The molecule has 0 amide bonds. The lowest BCUT2D eigenvalue weighted by atomic mass is 10.1. The van der Waals surface area contributed by atoms with Crippen molar-refractivity contribution in [3.8, 4) is 0 Å². The van der Waals surface area contributed by atoms with Crippen LogP contribution < -0.4 is 5.73 Å². The fourth-order valence-electron chi connectivity index (χ4n) is 2.18. The van der Waals surface area contributed by atoms with Crippen molar-refractivity contribution in [3.63, 3.8) is 0 Å². The standard InChI is InChI=1S/C12H27N3/c1-3-12(2)11-15-7-4-6-14(8-5-13)9-10-15/h12H,3-11,13H2,1-2H3. The fraction of sp³-hybridized carbons (Fsp3) is 1.00. The summed E-state index contributed by atoms with van der Waals surface area (Å²) in [6.45, 7) is 12.7. The van der Waals surface area contributed by atoms with Crippen LogP contribution in [0.1, 0.15) is 26.7 Å². The molecule has 3 nitrogen and oxygen atoms in total. The average Bonchev–Trinajstić information content (AvgIpc) is 2.45. The molecule has 0 aromatic carbocycles. The van der Waals surface area contributed by atoms with Crippen molar-refractivity contribution in [3.05, 3.63) is 0 Å². The van der Waals surface area contributed by atoms with Gasteiger partial charge in [0.15, 0.2) is 0 Å². The molecule has 1 unspecified atom stereocenters. The first-order valence-corrected chi connectivity index (χ1v) is 6.41. The highest BCUT2D eigenvalue weighted by Gasteiger charge is 2.15. The highest BCUT2D eigenvalue weighted by Crippen LogP contribution is 2.08. The van der Waals surface area contributed by atoms with Gasteiger partial charge in [0, 0.05) is 32.7 Å². The predicted octanol–water partition coefficient (Wildman–Crippen LogP) is 0.999. The molecule has 1 heterocycles. The topological polar surface area (TPSA) is 32.5 Å². The highest BCUT2D eigenvalue weighted by molar-refractivity contribution is 4.71. The van der Waals surface area contributed by atoms with E-state index in [1.54, 1.807) is 0 Å². The molecule has 0 saturated carbocycles. The third-order valence-electron chi connectivity index (χ3n) is 3.39. The molecule has 3 heteroatoms. The van der Waals surface area contributed by atoms with Gasteiger partial charge < -0.3 is 15.5 Å². The number of rotatable bonds is 5. The molecule has 1 atom stereocenters. The van der Waals surface area contributed by atoms with E-state index in [4.69, 9.17) is 5.73 Å². The Balaban J connectivity index is 2.26. The monoisotopic (exact) mass is 213 g/mol. The molecule has 1 rings (SSSR count). The number of nitrogens with zero attached hydrogens (tertiary/aromatic N) is 2. The third-order valence-corrected chi connectivity index (χ3v) is 3.39. The molecule has 15 heavy (non-hydrogen) atoms. The van der Waals surface area contributed by atoms with E-state index in [9.17, 15) is 0 Å². The molecule has 1 fully saturated rings. The summed E-state index contributed by atoms with van der Waals surface area (Å²) < 4.78 is 0. The normalized spacial score (nSPS) is 22.6. The van der Waals surface area contributed by atoms with Gasteiger partial charge in [0.2, 0.25) is 0 Å². The molecule has 90 valence electrons. The molecule has 0 bridgehead atoms. The number of hydrogen-bond acceptors (Lipinski definition) is 3. The van der Waals surface area contributed by atoms with Crippen LogP contribution in [0.5, 0.6) is 0 Å². The summed E-state index contributed by atoms with van der Waals surface area (Å²) in [7, 11) is 0. The van der Waals surface area contributed by atoms with Crippen LogP contribution in [0.2, 0.25) is 0 Å². The van der Waals surface area contributed by atoms with Crippen LogP contribution >= 0.6 is 0 Å². The van der Waals surface area contributed by atoms with Crippen molar-refractivity contribution in [1.29, 1.82) is 0 Å². The van der Waals surface area contributed by atoms with Crippen LogP contribution in [0, 0.1) is 5.92 Å². The van der Waals surface area contributed by atoms with E-state index in [2.05, 4.69) is 23.6 Å². The first-order valence-electron chi connectivity index (χ1n) is 6.41. The Morgan fingerprint density at radius 3 is 2.47 bits per heavy atom. The fourth-order valence-corrected chi connectivity index (χ4v) is 2.18. The lowest BCUT2D eigenvalue weighted by molar-refractivity contribution is 0.232. The Kier molecular flexibility index (Phi) is 6.22. The van der Waals surface area contributed by atoms with Crippen LogP contribution in [0.15, 0.2) is 0 Å². The maximum atomic E-state index is 5.59. The molecule has 1 aliphatic heterocycles. The quantitative estimate of drug-likeness (QED) is 0.739. The van der Waals surface area contributed by atoms with Gasteiger partial charge >= 0.3 is 0 Å². The van der Waals surface area contributed by atoms with E-state index in [0.29, 0.717) is 0 Å². The number of nitrogens with two attached hydrogens (primary N) is 1. The maximum absolute atomic E-state index is 5.59. The Hall–Kier alpha value is -0.120. The Bertz CT molecular complexity index is 161. The minimum atomic E-state index is 0.797. The van der Waals surface area contributed by atoms with Crippen molar-refractivity contribution >= 4 is 0 Å². The first kappa shape index (κ1) is 12.9. The van der Waals surface area contributed by atoms with Gasteiger partial charge in [-0.15, -0.1) is 0 Å². The van der Waals surface area contributed by atoms with E-state index in [1.165, 1.54) is 45.6 Å². The molecule has 0 spiro atoms. The zero-order valence-corrected chi connectivity index (χ0v) is 10.4. The molecular weight excluding hydrogens is 186 g/mol.